The lowest BCUT2D eigenvalue weighted by Gasteiger charge is -2.25. The Kier molecular flexibility index (Phi) is 8.62. The molecule has 0 heterocycles. The van der Waals surface area contributed by atoms with Crippen LogP contribution in [0, 0.1) is 5.92 Å². The third-order valence-electron chi connectivity index (χ3n) is 3.77. The third kappa shape index (κ3) is 8.16. The average molecular weight is 349 g/mol. The van der Waals surface area contributed by atoms with Crippen molar-refractivity contribution in [2.24, 2.45) is 5.92 Å². The van der Waals surface area contributed by atoms with Gasteiger partial charge in [0, 0.05) is 0 Å². The molecule has 0 radical (unpaired) electrons. The van der Waals surface area contributed by atoms with E-state index in [1.165, 1.54) is 0 Å². The quantitative estimate of drug-likeness (QED) is 0.672. The van der Waals surface area contributed by atoms with Crippen molar-refractivity contribution in [2.45, 2.75) is 65.0 Å². The number of esters is 1. The van der Waals surface area contributed by atoms with Crippen LogP contribution < -0.4 is 5.32 Å². The molecule has 2 atom stereocenters. The van der Waals surface area contributed by atoms with Crippen LogP contribution in [0.15, 0.2) is 30.3 Å². The molecule has 0 aliphatic carbocycles. The van der Waals surface area contributed by atoms with Crippen molar-refractivity contribution in [1.29, 1.82) is 0 Å². The summed E-state index contributed by atoms with van der Waals surface area (Å²) in [7, 11) is 0. The van der Waals surface area contributed by atoms with E-state index < -0.39 is 23.5 Å². The van der Waals surface area contributed by atoms with Crippen molar-refractivity contribution in [3.05, 3.63) is 35.9 Å². The fourth-order valence-electron chi connectivity index (χ4n) is 2.46. The number of amides is 1. The van der Waals surface area contributed by atoms with E-state index in [4.69, 9.17) is 4.74 Å². The van der Waals surface area contributed by atoms with Gasteiger partial charge < -0.3 is 15.2 Å². The van der Waals surface area contributed by atoms with Gasteiger partial charge in [-0.25, -0.2) is 4.79 Å². The molecular weight excluding hydrogens is 318 g/mol. The summed E-state index contributed by atoms with van der Waals surface area (Å²) in [6, 6.07) is 8.84. The number of hydrogen-bond donors (Lipinski definition) is 2. The first-order valence-corrected chi connectivity index (χ1v) is 8.94. The van der Waals surface area contributed by atoms with Crippen molar-refractivity contribution >= 4 is 11.9 Å². The molecule has 2 N–H and O–H groups in total. The van der Waals surface area contributed by atoms with Crippen LogP contribution in [0.2, 0.25) is 0 Å². The lowest BCUT2D eigenvalue weighted by molar-refractivity contribution is -0.159. The molecule has 1 amide bonds. The Hall–Kier alpha value is -1.88. The van der Waals surface area contributed by atoms with Crippen LogP contribution in [0.3, 0.4) is 0 Å². The lowest BCUT2D eigenvalue weighted by Crippen LogP contribution is -2.47. The van der Waals surface area contributed by atoms with Gasteiger partial charge in [0.1, 0.15) is 11.6 Å². The van der Waals surface area contributed by atoms with Crippen molar-refractivity contribution < 1.29 is 19.4 Å². The van der Waals surface area contributed by atoms with Gasteiger partial charge in [0.2, 0.25) is 5.91 Å². The number of hydrogen-bond acceptors (Lipinski definition) is 4. The van der Waals surface area contributed by atoms with E-state index >= 15 is 0 Å². The molecule has 0 aliphatic heterocycles. The molecule has 5 nitrogen and oxygen atoms in total. The van der Waals surface area contributed by atoms with E-state index in [9.17, 15) is 14.7 Å². The van der Waals surface area contributed by atoms with Crippen LogP contribution in [-0.2, 0) is 20.7 Å². The van der Waals surface area contributed by atoms with Gasteiger partial charge >= 0.3 is 5.97 Å². The number of rotatable bonds is 9. The molecular formula is C20H31NO4. The minimum atomic E-state index is -0.684. The van der Waals surface area contributed by atoms with Gasteiger partial charge in [-0.05, 0) is 39.2 Å². The van der Waals surface area contributed by atoms with Gasteiger partial charge in [-0.3, -0.25) is 4.79 Å². The zero-order chi connectivity index (χ0) is 18.9. The van der Waals surface area contributed by atoms with E-state index in [1.807, 2.05) is 37.3 Å². The van der Waals surface area contributed by atoms with Crippen molar-refractivity contribution in [3.8, 4) is 0 Å². The van der Waals surface area contributed by atoms with Crippen LogP contribution in [0.4, 0.5) is 0 Å². The highest BCUT2D eigenvalue weighted by molar-refractivity contribution is 5.86. The van der Waals surface area contributed by atoms with Gasteiger partial charge in [-0.2, -0.15) is 0 Å². The van der Waals surface area contributed by atoms with E-state index in [1.54, 1.807) is 20.8 Å². The second-order valence-corrected chi connectivity index (χ2v) is 7.31. The second kappa shape index (κ2) is 10.2. The Labute approximate surface area is 150 Å². The van der Waals surface area contributed by atoms with Crippen molar-refractivity contribution in [3.63, 3.8) is 0 Å². The standard InChI is InChI=1S/C20H31NO4/c1-5-6-12-17(19(24)25-20(2,3)4)21-18(23)16(14-22)13-15-10-8-7-9-11-15/h7-11,16-17,22H,5-6,12-14H2,1-4H3,(H,21,23)/t16-,17-/m0/s1. The Morgan fingerprint density at radius 2 is 1.84 bits per heavy atom. The maximum atomic E-state index is 12.5. The van der Waals surface area contributed by atoms with Crippen molar-refractivity contribution in [2.75, 3.05) is 6.61 Å². The number of ether oxygens (including phenoxy) is 1. The first kappa shape index (κ1) is 21.2. The fraction of sp³-hybridized carbons (Fsp3) is 0.600. The lowest BCUT2D eigenvalue weighted by atomic mass is 9.98. The van der Waals surface area contributed by atoms with Crippen LogP contribution in [0.25, 0.3) is 0 Å². The first-order valence-electron chi connectivity index (χ1n) is 8.94. The van der Waals surface area contributed by atoms with Gasteiger partial charge in [-0.15, -0.1) is 0 Å². The van der Waals surface area contributed by atoms with E-state index in [2.05, 4.69) is 5.32 Å². The minimum Gasteiger partial charge on any atom is -0.458 e. The van der Waals surface area contributed by atoms with Crippen LogP contribution >= 0.6 is 0 Å². The molecule has 25 heavy (non-hydrogen) atoms. The van der Waals surface area contributed by atoms with Crippen LogP contribution in [-0.4, -0.2) is 35.2 Å². The van der Waals surface area contributed by atoms with E-state index in [-0.39, 0.29) is 12.5 Å². The molecule has 1 rings (SSSR count). The normalized spacial score (nSPS) is 13.8. The summed E-state index contributed by atoms with van der Waals surface area (Å²) in [6.45, 7) is 7.16. The molecule has 0 unspecified atom stereocenters. The number of aliphatic hydroxyl groups excluding tert-OH is 1. The number of unbranched alkanes of at least 4 members (excludes halogenated alkanes) is 1. The maximum Gasteiger partial charge on any atom is 0.329 e. The molecule has 0 spiro atoms. The maximum absolute atomic E-state index is 12.5. The summed E-state index contributed by atoms with van der Waals surface area (Å²) in [4.78, 5) is 24.9. The molecule has 0 fully saturated rings. The SMILES string of the molecule is CCCC[C@H](NC(=O)[C@H](CO)Cc1ccccc1)C(=O)OC(C)(C)C. The van der Waals surface area contributed by atoms with Crippen LogP contribution in [0.5, 0.6) is 0 Å². The molecule has 0 aromatic heterocycles. The highest BCUT2D eigenvalue weighted by Gasteiger charge is 2.28. The monoisotopic (exact) mass is 349 g/mol. The molecule has 0 saturated carbocycles. The second-order valence-electron chi connectivity index (χ2n) is 7.31. The Morgan fingerprint density at radius 1 is 1.20 bits per heavy atom. The summed E-state index contributed by atoms with van der Waals surface area (Å²) in [6.07, 6.45) is 2.69. The van der Waals surface area contributed by atoms with Gasteiger partial charge in [0.05, 0.1) is 12.5 Å². The number of nitrogens with one attached hydrogen (secondary N) is 1. The topological polar surface area (TPSA) is 75.6 Å². The molecule has 140 valence electrons. The summed E-state index contributed by atoms with van der Waals surface area (Å²) in [5.74, 6) is -1.34. The van der Waals surface area contributed by atoms with Crippen molar-refractivity contribution in [1.82, 2.24) is 5.32 Å². The number of carbonyl (C=O) groups excluding carboxylic acids is 2. The number of benzene rings is 1. The molecule has 1 aromatic rings. The van der Waals surface area contributed by atoms with E-state index in [0.29, 0.717) is 12.8 Å². The Bertz CT molecular complexity index is 536. The predicted molar refractivity (Wildman–Crippen MR) is 98.0 cm³/mol. The highest BCUT2D eigenvalue weighted by atomic mass is 16.6. The third-order valence-corrected chi connectivity index (χ3v) is 3.77. The van der Waals surface area contributed by atoms with Crippen LogP contribution in [0.1, 0.15) is 52.5 Å². The molecule has 0 saturated heterocycles. The summed E-state index contributed by atoms with van der Waals surface area (Å²) < 4.78 is 5.41. The zero-order valence-electron chi connectivity index (χ0n) is 15.7. The highest BCUT2D eigenvalue weighted by Crippen LogP contribution is 2.13. The average Bonchev–Trinajstić information content (AvgIpc) is 2.55. The smallest absolute Gasteiger partial charge is 0.329 e. The first-order chi connectivity index (χ1) is 11.8. The fourth-order valence-corrected chi connectivity index (χ4v) is 2.46. The summed E-state index contributed by atoms with van der Waals surface area (Å²) in [5.41, 5.74) is 0.367. The number of carbonyl (C=O) groups is 2. The Balaban J connectivity index is 2.75. The molecule has 0 bridgehead atoms. The van der Waals surface area contributed by atoms with Gasteiger partial charge in [-0.1, -0.05) is 50.1 Å². The molecule has 5 heteroatoms. The van der Waals surface area contributed by atoms with Gasteiger partial charge in [0.15, 0.2) is 0 Å². The Morgan fingerprint density at radius 3 is 2.36 bits per heavy atom. The van der Waals surface area contributed by atoms with E-state index in [0.717, 1.165) is 18.4 Å². The minimum absolute atomic E-state index is 0.268. The largest absolute Gasteiger partial charge is 0.458 e. The summed E-state index contributed by atoms with van der Waals surface area (Å²) in [5, 5.41) is 12.4. The zero-order valence-corrected chi connectivity index (χ0v) is 15.7. The number of aliphatic hydroxyl groups is 1. The molecule has 1 aromatic carbocycles. The van der Waals surface area contributed by atoms with Gasteiger partial charge in [0.25, 0.3) is 0 Å². The molecule has 0 aliphatic rings. The predicted octanol–water partition coefficient (Wildman–Crippen LogP) is 2.85. The summed E-state index contributed by atoms with van der Waals surface area (Å²) >= 11 is 0.